The molecule has 0 radical (unpaired) electrons. The minimum atomic E-state index is -0.505. The van der Waals surface area contributed by atoms with Crippen molar-refractivity contribution in [2.75, 3.05) is 26.2 Å². The highest BCUT2D eigenvalue weighted by Gasteiger charge is 2.58. The molecule has 0 aromatic heterocycles. The number of rotatable bonds is 7. The van der Waals surface area contributed by atoms with Gasteiger partial charge in [-0.1, -0.05) is 36.4 Å². The zero-order chi connectivity index (χ0) is 26.3. The third-order valence-corrected chi connectivity index (χ3v) is 9.67. The van der Waals surface area contributed by atoms with Crippen molar-refractivity contribution in [3.8, 4) is 0 Å². The molecule has 1 saturated heterocycles. The summed E-state index contributed by atoms with van der Waals surface area (Å²) >= 11 is 0. The predicted octanol–water partition coefficient (Wildman–Crippen LogP) is 4.01. The number of aliphatic imine (C=N–C) groups is 1. The van der Waals surface area contributed by atoms with Crippen molar-refractivity contribution in [2.24, 2.45) is 16.8 Å². The van der Waals surface area contributed by atoms with Gasteiger partial charge >= 0.3 is 0 Å². The Hall–Kier alpha value is -3.19. The fraction of sp³-hybridized carbons (Fsp3) is 0.531. The Balaban J connectivity index is 0.954. The van der Waals surface area contributed by atoms with Crippen molar-refractivity contribution in [3.05, 3.63) is 64.9 Å². The van der Waals surface area contributed by atoms with E-state index >= 15 is 0 Å². The number of benzene rings is 1. The number of carbonyl (C=O) groups is 2. The number of amidine groups is 1. The van der Waals surface area contributed by atoms with Gasteiger partial charge in [-0.25, -0.2) is 5.43 Å². The number of allylic oxidation sites excluding steroid dienone is 2. The molecule has 1 unspecified atom stereocenters. The van der Waals surface area contributed by atoms with E-state index in [4.69, 9.17) is 4.99 Å². The van der Waals surface area contributed by atoms with Crippen molar-refractivity contribution >= 4 is 23.2 Å². The molecule has 4 aliphatic carbocycles. The first-order valence-electron chi connectivity index (χ1n) is 14.9. The van der Waals surface area contributed by atoms with E-state index in [0.717, 1.165) is 63.1 Å². The average molecular weight is 524 g/mol. The zero-order valence-corrected chi connectivity index (χ0v) is 22.7. The zero-order valence-electron chi connectivity index (χ0n) is 22.7. The number of carbonyl (C=O) groups excluding carboxylic acids is 2. The lowest BCUT2D eigenvalue weighted by molar-refractivity contribution is -0.139. The Kier molecular flexibility index (Phi) is 5.25. The lowest BCUT2D eigenvalue weighted by Gasteiger charge is -2.41. The molecule has 39 heavy (non-hydrogen) atoms. The summed E-state index contributed by atoms with van der Waals surface area (Å²) in [6.45, 7) is 5.29. The SMILES string of the molecule is CC1=CC(c2ccc(C3=CN(C4CC4)NC3)cc2)CC=C1C1=NC2(CC2)C(=O)N1CC1CN(C(=O)C2CC2)C1. The van der Waals surface area contributed by atoms with Crippen molar-refractivity contribution in [2.45, 2.75) is 69.4 Å². The van der Waals surface area contributed by atoms with Crippen molar-refractivity contribution in [1.82, 2.24) is 20.2 Å². The van der Waals surface area contributed by atoms with Gasteiger partial charge in [-0.05, 0) is 74.1 Å². The van der Waals surface area contributed by atoms with E-state index in [1.807, 2.05) is 9.80 Å². The standard InChI is InChI=1S/C32H37N5O2/c1-20-14-25(22-2-4-23(5-3-22)26-15-33-37(19-26)27-9-10-27)8-11-28(20)29-34-32(12-13-32)31(39)36(29)18-21-16-35(17-21)30(38)24-6-7-24/h2-5,11,14,19,21,24-25,27,33H,6-10,12-13,15-18H2,1H3. The van der Waals surface area contributed by atoms with E-state index in [1.54, 1.807) is 0 Å². The lowest BCUT2D eigenvalue weighted by Crippen LogP contribution is -2.55. The maximum atomic E-state index is 13.4. The summed E-state index contributed by atoms with van der Waals surface area (Å²) in [5.41, 5.74) is 9.29. The number of hydrazine groups is 1. The van der Waals surface area contributed by atoms with Crippen LogP contribution >= 0.6 is 0 Å². The van der Waals surface area contributed by atoms with Crippen LogP contribution < -0.4 is 5.43 Å². The summed E-state index contributed by atoms with van der Waals surface area (Å²) in [4.78, 5) is 34.8. The quantitative estimate of drug-likeness (QED) is 0.587. The Morgan fingerprint density at radius 1 is 1.10 bits per heavy atom. The number of nitrogens with zero attached hydrogens (tertiary/aromatic N) is 4. The monoisotopic (exact) mass is 523 g/mol. The number of amides is 2. The lowest BCUT2D eigenvalue weighted by atomic mass is 9.85. The molecule has 1 aromatic rings. The molecule has 8 rings (SSSR count). The van der Waals surface area contributed by atoms with Crippen LogP contribution in [0.3, 0.4) is 0 Å². The molecule has 7 nitrogen and oxygen atoms in total. The van der Waals surface area contributed by atoms with Crippen LogP contribution in [0, 0.1) is 11.8 Å². The maximum absolute atomic E-state index is 13.4. The first-order chi connectivity index (χ1) is 19.0. The van der Waals surface area contributed by atoms with Gasteiger partial charge in [0.25, 0.3) is 5.91 Å². The van der Waals surface area contributed by atoms with E-state index < -0.39 is 5.54 Å². The summed E-state index contributed by atoms with van der Waals surface area (Å²) in [6, 6.07) is 9.75. The van der Waals surface area contributed by atoms with Crippen LogP contribution in [0.15, 0.2) is 58.8 Å². The Morgan fingerprint density at radius 2 is 1.87 bits per heavy atom. The van der Waals surface area contributed by atoms with E-state index in [9.17, 15) is 9.59 Å². The molecular weight excluding hydrogens is 486 g/mol. The largest absolute Gasteiger partial charge is 0.342 e. The highest BCUT2D eigenvalue weighted by molar-refractivity contribution is 6.18. The van der Waals surface area contributed by atoms with Crippen LogP contribution in [-0.2, 0) is 9.59 Å². The van der Waals surface area contributed by atoms with Gasteiger partial charge in [0.15, 0.2) is 0 Å². The van der Waals surface area contributed by atoms with Gasteiger partial charge in [0.2, 0.25) is 5.91 Å². The Morgan fingerprint density at radius 3 is 2.54 bits per heavy atom. The molecule has 1 N–H and O–H groups in total. The normalized spacial score (nSPS) is 27.9. The van der Waals surface area contributed by atoms with Crippen LogP contribution in [0.25, 0.3) is 5.57 Å². The van der Waals surface area contributed by atoms with Gasteiger partial charge < -0.3 is 9.91 Å². The number of nitrogens with one attached hydrogen (secondary N) is 1. The summed E-state index contributed by atoms with van der Waals surface area (Å²) in [5.74, 6) is 2.30. The Bertz CT molecular complexity index is 1350. The minimum Gasteiger partial charge on any atom is -0.342 e. The van der Waals surface area contributed by atoms with Crippen LogP contribution in [0.1, 0.15) is 68.9 Å². The molecule has 7 heteroatoms. The molecule has 1 aromatic carbocycles. The van der Waals surface area contributed by atoms with Gasteiger partial charge in [-0.2, -0.15) is 0 Å². The summed E-state index contributed by atoms with van der Waals surface area (Å²) in [5, 5.41) is 2.28. The maximum Gasteiger partial charge on any atom is 0.256 e. The van der Waals surface area contributed by atoms with Crippen LogP contribution in [0.4, 0.5) is 0 Å². The van der Waals surface area contributed by atoms with Crippen LogP contribution in [0.5, 0.6) is 0 Å². The van der Waals surface area contributed by atoms with Crippen LogP contribution in [-0.4, -0.2) is 70.2 Å². The first-order valence-corrected chi connectivity index (χ1v) is 14.9. The van der Waals surface area contributed by atoms with Crippen molar-refractivity contribution < 1.29 is 9.59 Å². The second-order valence-electron chi connectivity index (χ2n) is 12.8. The highest BCUT2D eigenvalue weighted by atomic mass is 16.2. The smallest absolute Gasteiger partial charge is 0.256 e. The Labute approximate surface area is 230 Å². The topological polar surface area (TPSA) is 68.2 Å². The third-order valence-electron chi connectivity index (χ3n) is 9.67. The fourth-order valence-electron chi connectivity index (χ4n) is 6.70. The highest BCUT2D eigenvalue weighted by Crippen LogP contribution is 2.47. The summed E-state index contributed by atoms with van der Waals surface area (Å²) < 4.78 is 0. The molecule has 0 bridgehead atoms. The molecule has 3 aliphatic heterocycles. The second kappa shape index (κ2) is 8.65. The van der Waals surface area contributed by atoms with Gasteiger partial charge in [0.1, 0.15) is 11.4 Å². The fourth-order valence-corrected chi connectivity index (χ4v) is 6.70. The van der Waals surface area contributed by atoms with Crippen molar-refractivity contribution in [1.29, 1.82) is 0 Å². The van der Waals surface area contributed by atoms with Gasteiger partial charge in [-0.3, -0.25) is 19.5 Å². The number of likely N-dealkylation sites (tertiary alicyclic amines) is 1. The summed E-state index contributed by atoms with van der Waals surface area (Å²) in [6.07, 6.45) is 14.2. The predicted molar refractivity (Wildman–Crippen MR) is 150 cm³/mol. The molecule has 4 fully saturated rings. The molecule has 202 valence electrons. The molecule has 2 amide bonds. The second-order valence-corrected chi connectivity index (χ2v) is 12.8. The van der Waals surface area contributed by atoms with Gasteiger partial charge in [0.05, 0.1) is 0 Å². The molecule has 7 aliphatic rings. The molecule has 1 spiro atoms. The number of hydrogen-bond donors (Lipinski definition) is 1. The summed E-state index contributed by atoms with van der Waals surface area (Å²) in [7, 11) is 0. The molecular formula is C32H37N5O2. The van der Waals surface area contributed by atoms with E-state index in [2.05, 4.69) is 60.0 Å². The third kappa shape index (κ3) is 4.17. The van der Waals surface area contributed by atoms with E-state index in [-0.39, 0.29) is 11.8 Å². The van der Waals surface area contributed by atoms with E-state index in [1.165, 1.54) is 35.1 Å². The van der Waals surface area contributed by atoms with Gasteiger partial charge in [0, 0.05) is 61.7 Å². The molecule has 3 saturated carbocycles. The average Bonchev–Trinajstić information content (AvgIpc) is 3.81. The first kappa shape index (κ1) is 23.7. The van der Waals surface area contributed by atoms with Crippen molar-refractivity contribution in [3.63, 3.8) is 0 Å². The molecule has 1 atom stereocenters. The van der Waals surface area contributed by atoms with E-state index in [0.29, 0.717) is 30.3 Å². The minimum absolute atomic E-state index is 0.173. The van der Waals surface area contributed by atoms with Crippen LogP contribution in [0.2, 0.25) is 0 Å². The number of hydrogen-bond acceptors (Lipinski definition) is 5. The molecule has 3 heterocycles. The van der Waals surface area contributed by atoms with Gasteiger partial charge in [-0.15, -0.1) is 0 Å².